The van der Waals surface area contributed by atoms with E-state index in [0.29, 0.717) is 22.8 Å². The summed E-state index contributed by atoms with van der Waals surface area (Å²) in [4.78, 5) is 29.6. The highest BCUT2D eigenvalue weighted by atomic mass is 32.1. The first kappa shape index (κ1) is 16.9. The maximum Gasteiger partial charge on any atom is 0.312 e. The molecule has 140 valence electrons. The maximum absolute atomic E-state index is 12.8. The average Bonchev–Trinajstić information content (AvgIpc) is 3.32. The number of nitrogens with zero attached hydrogens (tertiary/aromatic N) is 2. The van der Waals surface area contributed by atoms with Crippen molar-refractivity contribution in [1.29, 1.82) is 0 Å². The van der Waals surface area contributed by atoms with E-state index in [1.807, 2.05) is 36.4 Å². The number of rotatable bonds is 2. The number of carbonyl (C=O) groups excluding carboxylic acids is 1. The molecular formula is C21H16N2O4S. The van der Waals surface area contributed by atoms with E-state index in [-0.39, 0.29) is 17.9 Å². The summed E-state index contributed by atoms with van der Waals surface area (Å²) in [6.07, 6.45) is 0.0676. The number of benzene rings is 1. The number of aryl methyl sites for hydroxylation is 1. The first-order valence-corrected chi connectivity index (χ1v) is 9.70. The number of fused-ring (bicyclic) bond motifs is 2. The van der Waals surface area contributed by atoms with Gasteiger partial charge in [-0.05, 0) is 31.2 Å². The molecule has 1 aliphatic heterocycles. The lowest BCUT2D eigenvalue weighted by molar-refractivity contribution is -0.135. The Morgan fingerprint density at radius 2 is 2.00 bits per heavy atom. The summed E-state index contributed by atoms with van der Waals surface area (Å²) in [5, 5.41) is 0.767. The van der Waals surface area contributed by atoms with Crippen LogP contribution >= 0.6 is 11.3 Å². The van der Waals surface area contributed by atoms with Gasteiger partial charge in [-0.3, -0.25) is 9.59 Å². The molecule has 3 aromatic heterocycles. The molecule has 0 radical (unpaired) electrons. The highest BCUT2D eigenvalue weighted by Crippen LogP contribution is 2.39. The minimum Gasteiger partial charge on any atom is -0.458 e. The Hall–Kier alpha value is -3.19. The summed E-state index contributed by atoms with van der Waals surface area (Å²) in [7, 11) is 1.71. The molecular weight excluding hydrogens is 376 g/mol. The molecule has 1 aromatic carbocycles. The van der Waals surface area contributed by atoms with Gasteiger partial charge in [0.05, 0.1) is 28.1 Å². The van der Waals surface area contributed by atoms with Crippen LogP contribution in [0.25, 0.3) is 21.0 Å². The van der Waals surface area contributed by atoms with Gasteiger partial charge in [0.2, 0.25) is 0 Å². The Kier molecular flexibility index (Phi) is 3.73. The monoisotopic (exact) mass is 392 g/mol. The Labute approximate surface area is 164 Å². The van der Waals surface area contributed by atoms with Gasteiger partial charge in [0.1, 0.15) is 11.5 Å². The fourth-order valence-corrected chi connectivity index (χ4v) is 4.45. The molecule has 0 unspecified atom stereocenters. The predicted octanol–water partition coefficient (Wildman–Crippen LogP) is 4.00. The molecule has 28 heavy (non-hydrogen) atoms. The molecule has 0 aliphatic carbocycles. The van der Waals surface area contributed by atoms with E-state index in [2.05, 4.69) is 4.98 Å². The zero-order valence-corrected chi connectivity index (χ0v) is 16.1. The number of esters is 1. The van der Waals surface area contributed by atoms with Crippen LogP contribution in [0.15, 0.2) is 51.7 Å². The molecule has 0 amide bonds. The quantitative estimate of drug-likeness (QED) is 0.482. The number of carbonyl (C=O) groups is 1. The second kappa shape index (κ2) is 6.17. The first-order valence-electron chi connectivity index (χ1n) is 8.88. The molecule has 0 saturated heterocycles. The molecule has 0 N–H and O–H groups in total. The van der Waals surface area contributed by atoms with Crippen LogP contribution in [0.3, 0.4) is 0 Å². The van der Waals surface area contributed by atoms with Gasteiger partial charge >= 0.3 is 5.97 Å². The number of hydrogen-bond acceptors (Lipinski definition) is 6. The van der Waals surface area contributed by atoms with Gasteiger partial charge in [0.15, 0.2) is 10.8 Å². The molecule has 1 atom stereocenters. The van der Waals surface area contributed by atoms with E-state index in [1.165, 1.54) is 0 Å². The van der Waals surface area contributed by atoms with Crippen LogP contribution in [0.5, 0.6) is 5.75 Å². The van der Waals surface area contributed by atoms with Crippen molar-refractivity contribution >= 4 is 27.5 Å². The number of pyridine rings is 1. The van der Waals surface area contributed by atoms with E-state index < -0.39 is 5.92 Å². The van der Waals surface area contributed by atoms with Crippen LogP contribution in [0, 0.1) is 6.92 Å². The largest absolute Gasteiger partial charge is 0.458 e. The summed E-state index contributed by atoms with van der Waals surface area (Å²) in [6, 6.07) is 13.3. The molecule has 0 fully saturated rings. The van der Waals surface area contributed by atoms with Crippen LogP contribution < -0.4 is 10.3 Å². The second-order valence-electron chi connectivity index (χ2n) is 6.85. The molecule has 6 nitrogen and oxygen atoms in total. The van der Waals surface area contributed by atoms with Gasteiger partial charge in [-0.15, -0.1) is 11.3 Å². The lowest BCUT2D eigenvalue weighted by Gasteiger charge is -2.23. The van der Waals surface area contributed by atoms with Gasteiger partial charge in [0, 0.05) is 18.8 Å². The lowest BCUT2D eigenvalue weighted by atomic mass is 9.91. The topological polar surface area (TPSA) is 74.3 Å². The Morgan fingerprint density at radius 1 is 1.18 bits per heavy atom. The van der Waals surface area contributed by atoms with Crippen LogP contribution in [-0.2, 0) is 11.8 Å². The zero-order chi connectivity index (χ0) is 19.4. The first-order chi connectivity index (χ1) is 13.5. The third kappa shape index (κ3) is 2.58. The molecule has 0 saturated carbocycles. The maximum atomic E-state index is 12.8. The number of furan rings is 1. The predicted molar refractivity (Wildman–Crippen MR) is 106 cm³/mol. The van der Waals surface area contributed by atoms with Crippen molar-refractivity contribution in [3.63, 3.8) is 0 Å². The summed E-state index contributed by atoms with van der Waals surface area (Å²) in [5.74, 6) is 0.662. The van der Waals surface area contributed by atoms with Crippen molar-refractivity contribution in [2.24, 2.45) is 7.05 Å². The Balaban J connectivity index is 1.61. The number of ether oxygens (including phenoxy) is 1. The van der Waals surface area contributed by atoms with Crippen molar-refractivity contribution in [2.75, 3.05) is 0 Å². The summed E-state index contributed by atoms with van der Waals surface area (Å²) >= 11 is 1.54. The van der Waals surface area contributed by atoms with Crippen molar-refractivity contribution < 1.29 is 13.9 Å². The zero-order valence-electron chi connectivity index (χ0n) is 15.3. The summed E-state index contributed by atoms with van der Waals surface area (Å²) in [6.45, 7) is 1.80. The number of aromatic nitrogens is 2. The smallest absolute Gasteiger partial charge is 0.312 e. The van der Waals surface area contributed by atoms with Crippen molar-refractivity contribution in [3.8, 4) is 16.5 Å². The van der Waals surface area contributed by atoms with Crippen LogP contribution in [-0.4, -0.2) is 15.5 Å². The highest BCUT2D eigenvalue weighted by molar-refractivity contribution is 7.21. The van der Waals surface area contributed by atoms with Gasteiger partial charge in [-0.2, -0.15) is 0 Å². The number of hydrogen-bond donors (Lipinski definition) is 0. The van der Waals surface area contributed by atoms with E-state index in [9.17, 15) is 9.59 Å². The lowest BCUT2D eigenvalue weighted by Crippen LogP contribution is -2.31. The SMILES string of the molecule is Cc1cc2c(c(=O)n1C)[C@@H](c1ccc(-c3nc4ccccc4s3)o1)CC(=O)O2. The van der Waals surface area contributed by atoms with E-state index in [0.717, 1.165) is 20.9 Å². The molecule has 1 aliphatic rings. The minimum absolute atomic E-state index is 0.0676. The number of para-hydroxylation sites is 1. The highest BCUT2D eigenvalue weighted by Gasteiger charge is 2.34. The molecule has 4 aromatic rings. The summed E-state index contributed by atoms with van der Waals surface area (Å²) in [5.41, 5.74) is 1.92. The van der Waals surface area contributed by atoms with Crippen LogP contribution in [0.4, 0.5) is 0 Å². The fraction of sp³-hybridized carbons (Fsp3) is 0.190. The van der Waals surface area contributed by atoms with E-state index >= 15 is 0 Å². The molecule has 0 bridgehead atoms. The summed E-state index contributed by atoms with van der Waals surface area (Å²) < 4.78 is 14.0. The third-order valence-corrected chi connectivity index (χ3v) is 6.14. The van der Waals surface area contributed by atoms with Gasteiger partial charge in [-0.25, -0.2) is 4.98 Å². The molecule has 0 spiro atoms. The Morgan fingerprint density at radius 3 is 2.82 bits per heavy atom. The molecule has 7 heteroatoms. The third-order valence-electron chi connectivity index (χ3n) is 5.09. The Bertz CT molecular complexity index is 1260. The minimum atomic E-state index is -0.473. The van der Waals surface area contributed by atoms with Crippen molar-refractivity contribution in [2.45, 2.75) is 19.3 Å². The van der Waals surface area contributed by atoms with Crippen molar-refractivity contribution in [3.05, 3.63) is 69.8 Å². The van der Waals surface area contributed by atoms with Crippen molar-refractivity contribution in [1.82, 2.24) is 9.55 Å². The average molecular weight is 392 g/mol. The van der Waals surface area contributed by atoms with E-state index in [4.69, 9.17) is 9.15 Å². The van der Waals surface area contributed by atoms with Gasteiger partial charge in [-0.1, -0.05) is 12.1 Å². The second-order valence-corrected chi connectivity index (χ2v) is 7.88. The molecule has 5 rings (SSSR count). The molecule has 4 heterocycles. The van der Waals surface area contributed by atoms with Crippen LogP contribution in [0.1, 0.15) is 29.4 Å². The van der Waals surface area contributed by atoms with Gasteiger partial charge < -0.3 is 13.7 Å². The normalized spacial score (nSPS) is 16.2. The van der Waals surface area contributed by atoms with Gasteiger partial charge in [0.25, 0.3) is 5.56 Å². The standard InChI is InChI=1S/C21H16N2O4S/c1-11-9-16-19(21(25)23(11)2)12(10-18(24)27-16)14-7-8-15(26-14)20-22-13-5-3-4-6-17(13)28-20/h3-9,12H,10H2,1-2H3/t12-/m1/s1. The fourth-order valence-electron chi connectivity index (χ4n) is 3.52. The van der Waals surface area contributed by atoms with Crippen LogP contribution in [0.2, 0.25) is 0 Å². The van der Waals surface area contributed by atoms with E-state index in [1.54, 1.807) is 35.9 Å². The number of thiazole rings is 1.